The van der Waals surface area contributed by atoms with Gasteiger partial charge in [0.1, 0.15) is 17.7 Å². The number of hydrogen-bond donors (Lipinski definition) is 2. The van der Waals surface area contributed by atoms with Crippen LogP contribution in [0.4, 0.5) is 4.79 Å². The quantitative estimate of drug-likeness (QED) is 0.528. The fourth-order valence-corrected chi connectivity index (χ4v) is 4.64. The number of aryl methyl sites for hydroxylation is 1. The molecule has 0 spiro atoms. The van der Waals surface area contributed by atoms with Gasteiger partial charge in [-0.25, -0.2) is 4.79 Å². The minimum atomic E-state index is -0.801. The van der Waals surface area contributed by atoms with Crippen molar-refractivity contribution in [3.63, 3.8) is 0 Å². The lowest BCUT2D eigenvalue weighted by Crippen LogP contribution is -2.53. The fraction of sp³-hybridized carbons (Fsp3) is 0.679. The Labute approximate surface area is 211 Å². The van der Waals surface area contributed by atoms with Crippen LogP contribution in [-0.2, 0) is 14.3 Å². The number of nitrogens with one attached hydrogen (secondary N) is 2. The number of carbonyl (C=O) groups is 3. The van der Waals surface area contributed by atoms with Crippen LogP contribution in [0.1, 0.15) is 95.9 Å². The Morgan fingerprint density at radius 1 is 1.09 bits per heavy atom. The summed E-state index contributed by atoms with van der Waals surface area (Å²) in [6, 6.07) is 4.36. The molecule has 1 aliphatic carbocycles. The molecule has 7 heteroatoms. The van der Waals surface area contributed by atoms with Crippen molar-refractivity contribution in [2.24, 2.45) is 5.92 Å². The van der Waals surface area contributed by atoms with Gasteiger partial charge in [0.15, 0.2) is 0 Å². The second-order valence-electron chi connectivity index (χ2n) is 11.3. The van der Waals surface area contributed by atoms with Gasteiger partial charge in [0.05, 0.1) is 0 Å². The maximum Gasteiger partial charge on any atom is 0.408 e. The van der Waals surface area contributed by atoms with E-state index >= 15 is 0 Å². The van der Waals surface area contributed by atoms with E-state index < -0.39 is 23.8 Å². The molecule has 0 radical (unpaired) electrons. The zero-order chi connectivity index (χ0) is 26.3. The Morgan fingerprint density at radius 2 is 1.71 bits per heavy atom. The Hall–Kier alpha value is -2.57. The van der Waals surface area contributed by atoms with Crippen LogP contribution < -0.4 is 10.6 Å². The molecule has 0 bridgehead atoms. The molecule has 1 aromatic rings. The van der Waals surface area contributed by atoms with Crippen LogP contribution in [0.3, 0.4) is 0 Å². The van der Waals surface area contributed by atoms with Gasteiger partial charge in [0, 0.05) is 13.1 Å². The van der Waals surface area contributed by atoms with E-state index in [1.165, 1.54) is 11.3 Å². The molecule has 2 rings (SSSR count). The normalized spacial score (nSPS) is 16.4. The highest BCUT2D eigenvalue weighted by molar-refractivity contribution is 5.92. The van der Waals surface area contributed by atoms with Crippen molar-refractivity contribution in [1.82, 2.24) is 15.5 Å². The summed E-state index contributed by atoms with van der Waals surface area (Å²) in [7, 11) is 1.65. The average molecular weight is 488 g/mol. The molecule has 35 heavy (non-hydrogen) atoms. The molecular formula is C28H45N3O4. The Balaban J connectivity index is 2.36. The van der Waals surface area contributed by atoms with Gasteiger partial charge in [-0.05, 0) is 76.5 Å². The van der Waals surface area contributed by atoms with Crippen LogP contribution in [0.25, 0.3) is 0 Å². The molecule has 1 aliphatic rings. The largest absolute Gasteiger partial charge is 0.444 e. The number of ether oxygens (including phenoxy) is 1. The van der Waals surface area contributed by atoms with Crippen molar-refractivity contribution < 1.29 is 19.1 Å². The number of rotatable bonds is 8. The van der Waals surface area contributed by atoms with E-state index in [0.29, 0.717) is 6.42 Å². The molecule has 2 N–H and O–H groups in total. The number of alkyl carbamates (subject to hydrolysis) is 1. The molecule has 2 atom stereocenters. The van der Waals surface area contributed by atoms with Gasteiger partial charge in [-0.3, -0.25) is 9.59 Å². The number of likely N-dealkylation sites (N-methyl/N-ethyl adjacent to an activating group) is 1. The first-order valence-electron chi connectivity index (χ1n) is 12.9. The van der Waals surface area contributed by atoms with E-state index in [0.717, 1.165) is 42.4 Å². The van der Waals surface area contributed by atoms with E-state index in [-0.39, 0.29) is 23.8 Å². The van der Waals surface area contributed by atoms with Gasteiger partial charge in [-0.15, -0.1) is 0 Å². The van der Waals surface area contributed by atoms with Crippen LogP contribution in [0.2, 0.25) is 0 Å². The van der Waals surface area contributed by atoms with E-state index in [1.807, 2.05) is 45.9 Å². The standard InChI is InChI=1S/C28H45N3O4/c1-18(2)17-23(30-27(34)35-28(5,6)7)26(33)31(8)24(22-16-12-13-19(3)20(22)4)25(32)29-21-14-10-9-11-15-21/h12-13,16,18,21,23-24H,9-11,14-15,17H2,1-8H3,(H,29,32)(H,30,34). The van der Waals surface area contributed by atoms with E-state index in [4.69, 9.17) is 4.74 Å². The predicted molar refractivity (Wildman–Crippen MR) is 139 cm³/mol. The zero-order valence-electron chi connectivity index (χ0n) is 22.9. The number of carbonyl (C=O) groups excluding carboxylic acids is 3. The van der Waals surface area contributed by atoms with Crippen molar-refractivity contribution >= 4 is 17.9 Å². The summed E-state index contributed by atoms with van der Waals surface area (Å²) in [4.78, 5) is 41.4. The highest BCUT2D eigenvalue weighted by Gasteiger charge is 2.36. The highest BCUT2D eigenvalue weighted by Crippen LogP contribution is 2.28. The van der Waals surface area contributed by atoms with Crippen molar-refractivity contribution in [3.05, 3.63) is 34.9 Å². The molecule has 1 aromatic carbocycles. The number of amides is 3. The number of benzene rings is 1. The summed E-state index contributed by atoms with van der Waals surface area (Å²) < 4.78 is 5.41. The predicted octanol–water partition coefficient (Wildman–Crippen LogP) is 5.19. The molecule has 3 amide bonds. The van der Waals surface area contributed by atoms with Crippen molar-refractivity contribution in [2.45, 2.75) is 111 Å². The number of nitrogens with zero attached hydrogens (tertiary/aromatic N) is 1. The van der Waals surface area contributed by atoms with Crippen LogP contribution in [0.5, 0.6) is 0 Å². The molecular weight excluding hydrogens is 442 g/mol. The van der Waals surface area contributed by atoms with Crippen LogP contribution in [0.15, 0.2) is 18.2 Å². The fourth-order valence-electron chi connectivity index (χ4n) is 4.64. The lowest BCUT2D eigenvalue weighted by molar-refractivity contribution is -0.141. The van der Waals surface area contributed by atoms with Crippen LogP contribution >= 0.6 is 0 Å². The molecule has 196 valence electrons. The molecule has 0 heterocycles. The van der Waals surface area contributed by atoms with E-state index in [9.17, 15) is 14.4 Å². The van der Waals surface area contributed by atoms with E-state index in [2.05, 4.69) is 10.6 Å². The van der Waals surface area contributed by atoms with Gasteiger partial charge >= 0.3 is 6.09 Å². The second kappa shape index (κ2) is 12.4. The first kappa shape index (κ1) is 28.7. The zero-order valence-corrected chi connectivity index (χ0v) is 22.9. The molecule has 2 unspecified atom stereocenters. The Bertz CT molecular complexity index is 885. The molecule has 0 saturated heterocycles. The third-order valence-corrected chi connectivity index (χ3v) is 6.57. The maximum atomic E-state index is 13.8. The van der Waals surface area contributed by atoms with Crippen molar-refractivity contribution in [2.75, 3.05) is 7.05 Å². The van der Waals surface area contributed by atoms with Gasteiger partial charge < -0.3 is 20.3 Å². The first-order chi connectivity index (χ1) is 16.3. The lowest BCUT2D eigenvalue weighted by Gasteiger charge is -2.34. The van der Waals surface area contributed by atoms with Crippen molar-refractivity contribution in [3.8, 4) is 0 Å². The molecule has 0 aromatic heterocycles. The minimum Gasteiger partial charge on any atom is -0.444 e. The molecule has 0 aliphatic heterocycles. The first-order valence-corrected chi connectivity index (χ1v) is 12.9. The monoisotopic (exact) mass is 487 g/mol. The third kappa shape index (κ3) is 8.55. The van der Waals surface area contributed by atoms with Gasteiger partial charge in [-0.1, -0.05) is 51.3 Å². The lowest BCUT2D eigenvalue weighted by atomic mass is 9.92. The van der Waals surface area contributed by atoms with Gasteiger partial charge in [-0.2, -0.15) is 0 Å². The molecule has 1 saturated carbocycles. The highest BCUT2D eigenvalue weighted by atomic mass is 16.6. The summed E-state index contributed by atoms with van der Waals surface area (Å²) in [5.74, 6) is -0.334. The Kier molecular flexibility index (Phi) is 10.2. The smallest absolute Gasteiger partial charge is 0.408 e. The summed E-state index contributed by atoms with van der Waals surface area (Å²) in [6.45, 7) is 13.3. The maximum absolute atomic E-state index is 13.8. The van der Waals surface area contributed by atoms with E-state index in [1.54, 1.807) is 27.8 Å². The molecule has 1 fully saturated rings. The van der Waals surface area contributed by atoms with Crippen LogP contribution in [0, 0.1) is 19.8 Å². The summed E-state index contributed by atoms with van der Waals surface area (Å²) >= 11 is 0. The Morgan fingerprint density at radius 3 is 2.29 bits per heavy atom. The third-order valence-electron chi connectivity index (χ3n) is 6.57. The summed E-state index contributed by atoms with van der Waals surface area (Å²) in [6.07, 6.45) is 5.11. The average Bonchev–Trinajstić information content (AvgIpc) is 2.74. The van der Waals surface area contributed by atoms with Gasteiger partial charge in [0.2, 0.25) is 11.8 Å². The van der Waals surface area contributed by atoms with Gasteiger partial charge in [0.25, 0.3) is 0 Å². The molecule has 7 nitrogen and oxygen atoms in total. The number of hydrogen-bond acceptors (Lipinski definition) is 4. The minimum absolute atomic E-state index is 0.124. The SMILES string of the molecule is Cc1cccc(C(C(=O)NC2CCCCC2)N(C)C(=O)C(CC(C)C)NC(=O)OC(C)(C)C)c1C. The van der Waals surface area contributed by atoms with Crippen LogP contribution in [-0.4, -0.2) is 47.5 Å². The topological polar surface area (TPSA) is 87.7 Å². The summed E-state index contributed by atoms with van der Waals surface area (Å²) in [5.41, 5.74) is 2.17. The second-order valence-corrected chi connectivity index (χ2v) is 11.3. The summed E-state index contributed by atoms with van der Waals surface area (Å²) in [5, 5.41) is 5.96. The van der Waals surface area contributed by atoms with Crippen molar-refractivity contribution in [1.29, 1.82) is 0 Å².